The number of carbonyl (C=O) groups is 1. The van der Waals surface area contributed by atoms with Crippen LogP contribution in [-0.2, 0) is 6.54 Å². The highest BCUT2D eigenvalue weighted by molar-refractivity contribution is 5.94. The summed E-state index contributed by atoms with van der Waals surface area (Å²) in [7, 11) is 1.75. The Hall–Kier alpha value is -3.68. The van der Waals surface area contributed by atoms with Gasteiger partial charge in [0.1, 0.15) is 23.7 Å². The molecule has 2 aromatic carbocycles. The maximum Gasteiger partial charge on any atom is 0.312 e. The lowest BCUT2D eigenvalue weighted by Gasteiger charge is -2.18. The zero-order chi connectivity index (χ0) is 23.4. The van der Waals surface area contributed by atoms with Gasteiger partial charge in [-0.2, -0.15) is 5.10 Å². The van der Waals surface area contributed by atoms with Gasteiger partial charge in [-0.1, -0.05) is 18.2 Å². The quantitative estimate of drug-likeness (QED) is 0.389. The molecule has 0 fully saturated rings. The van der Waals surface area contributed by atoms with Crippen LogP contribution in [0.4, 0.5) is 5.69 Å². The Kier molecular flexibility index (Phi) is 6.92. The van der Waals surface area contributed by atoms with E-state index in [1.165, 1.54) is 0 Å². The molecule has 3 aromatic rings. The van der Waals surface area contributed by atoms with E-state index in [0.717, 1.165) is 22.4 Å². The molecule has 168 valence electrons. The Balaban J connectivity index is 1.58. The molecule has 0 aliphatic carbocycles. The van der Waals surface area contributed by atoms with E-state index in [4.69, 9.17) is 4.74 Å². The first-order valence-electron chi connectivity index (χ1n) is 10.4. The average molecular weight is 437 g/mol. The zero-order valence-corrected chi connectivity index (χ0v) is 19.1. The number of hydrogen-bond acceptors (Lipinski definition) is 5. The minimum atomic E-state index is -0.407. The zero-order valence-electron chi connectivity index (χ0n) is 19.1. The number of nitrogens with zero attached hydrogens (tertiary/aromatic N) is 4. The number of amides is 1. The molecule has 3 rings (SSSR count). The summed E-state index contributed by atoms with van der Waals surface area (Å²) in [5, 5.41) is 15.4. The normalized spacial score (nSPS) is 10.8. The van der Waals surface area contributed by atoms with Gasteiger partial charge in [0.15, 0.2) is 0 Å². The SMILES string of the molecule is Cc1cc(C)cc(OCCN(C)C(=O)c2ccc(Cn3nc(C)c([N+](=O)[O-])c3C)cc2)c1. The summed E-state index contributed by atoms with van der Waals surface area (Å²) in [5.41, 5.74) is 4.70. The summed E-state index contributed by atoms with van der Waals surface area (Å²) in [6.07, 6.45) is 0. The Bertz CT molecular complexity index is 1120. The van der Waals surface area contributed by atoms with Crippen LogP contribution in [0.15, 0.2) is 42.5 Å². The predicted molar refractivity (Wildman–Crippen MR) is 122 cm³/mol. The van der Waals surface area contributed by atoms with E-state index in [-0.39, 0.29) is 11.6 Å². The first-order valence-corrected chi connectivity index (χ1v) is 10.4. The molecule has 0 spiro atoms. The third-order valence-corrected chi connectivity index (χ3v) is 5.30. The summed E-state index contributed by atoms with van der Waals surface area (Å²) < 4.78 is 7.41. The fraction of sp³-hybridized carbons (Fsp3) is 0.333. The van der Waals surface area contributed by atoms with Crippen molar-refractivity contribution < 1.29 is 14.5 Å². The topological polar surface area (TPSA) is 90.5 Å². The van der Waals surface area contributed by atoms with Crippen molar-refractivity contribution in [3.63, 3.8) is 0 Å². The van der Waals surface area contributed by atoms with Crippen molar-refractivity contribution in [1.29, 1.82) is 0 Å². The molecule has 8 heteroatoms. The third-order valence-electron chi connectivity index (χ3n) is 5.30. The van der Waals surface area contributed by atoms with E-state index in [9.17, 15) is 14.9 Å². The van der Waals surface area contributed by atoms with Gasteiger partial charge < -0.3 is 9.64 Å². The first-order chi connectivity index (χ1) is 15.2. The fourth-order valence-electron chi connectivity index (χ4n) is 3.67. The molecule has 1 heterocycles. The number of aromatic nitrogens is 2. The maximum atomic E-state index is 12.7. The molecular formula is C24H28N4O4. The molecule has 0 N–H and O–H groups in total. The van der Waals surface area contributed by atoms with Gasteiger partial charge >= 0.3 is 5.69 Å². The summed E-state index contributed by atoms with van der Waals surface area (Å²) in [6.45, 7) is 8.62. The van der Waals surface area contributed by atoms with Crippen molar-refractivity contribution in [3.05, 3.63) is 86.2 Å². The number of hydrogen-bond donors (Lipinski definition) is 0. The number of rotatable bonds is 8. The lowest BCUT2D eigenvalue weighted by atomic mass is 10.1. The van der Waals surface area contributed by atoms with E-state index in [2.05, 4.69) is 11.2 Å². The number of benzene rings is 2. The van der Waals surface area contributed by atoms with E-state index in [1.54, 1.807) is 42.6 Å². The van der Waals surface area contributed by atoms with Crippen molar-refractivity contribution in [2.75, 3.05) is 20.2 Å². The monoisotopic (exact) mass is 436 g/mol. The highest BCUT2D eigenvalue weighted by atomic mass is 16.6. The second-order valence-electron chi connectivity index (χ2n) is 8.03. The maximum absolute atomic E-state index is 12.7. The van der Waals surface area contributed by atoms with Crippen molar-refractivity contribution in [3.8, 4) is 5.75 Å². The van der Waals surface area contributed by atoms with Crippen LogP contribution in [0.5, 0.6) is 5.75 Å². The summed E-state index contributed by atoms with van der Waals surface area (Å²) >= 11 is 0. The Morgan fingerprint density at radius 3 is 2.28 bits per heavy atom. The molecule has 0 saturated carbocycles. The molecule has 0 aliphatic rings. The number of nitro groups is 1. The van der Waals surface area contributed by atoms with Crippen molar-refractivity contribution in [1.82, 2.24) is 14.7 Å². The first kappa shape index (κ1) is 23.0. The number of ether oxygens (including phenoxy) is 1. The molecule has 32 heavy (non-hydrogen) atoms. The smallest absolute Gasteiger partial charge is 0.312 e. The Labute approximate surface area is 187 Å². The molecule has 1 amide bonds. The van der Waals surface area contributed by atoms with Gasteiger partial charge in [0.2, 0.25) is 0 Å². The minimum absolute atomic E-state index is 0.0430. The second kappa shape index (κ2) is 9.64. The van der Waals surface area contributed by atoms with Crippen molar-refractivity contribution >= 4 is 11.6 Å². The molecule has 1 aromatic heterocycles. The van der Waals surface area contributed by atoms with Gasteiger partial charge in [-0.3, -0.25) is 19.6 Å². The van der Waals surface area contributed by atoms with E-state index in [1.807, 2.05) is 38.1 Å². The van der Waals surface area contributed by atoms with Crippen molar-refractivity contribution in [2.24, 2.45) is 0 Å². The Morgan fingerprint density at radius 1 is 1.09 bits per heavy atom. The number of carbonyl (C=O) groups excluding carboxylic acids is 1. The summed E-state index contributed by atoms with van der Waals surface area (Å²) in [5.74, 6) is 0.708. The standard InChI is InChI=1S/C24H28N4O4/c1-16-12-17(2)14-22(13-16)32-11-10-26(5)24(29)21-8-6-20(7-9-21)15-27-19(4)23(28(30)31)18(3)25-27/h6-9,12-14H,10-11,15H2,1-5H3. The lowest BCUT2D eigenvalue weighted by Crippen LogP contribution is -2.30. The lowest BCUT2D eigenvalue weighted by molar-refractivity contribution is -0.386. The Morgan fingerprint density at radius 2 is 1.72 bits per heavy atom. The molecule has 0 radical (unpaired) electrons. The van der Waals surface area contributed by atoms with Crippen LogP contribution in [-0.4, -0.2) is 45.7 Å². The van der Waals surface area contributed by atoms with Crippen LogP contribution in [0.3, 0.4) is 0 Å². The molecule has 0 atom stereocenters. The van der Waals surface area contributed by atoms with Crippen LogP contribution in [0, 0.1) is 37.8 Å². The van der Waals surface area contributed by atoms with Gasteiger partial charge in [-0.25, -0.2) is 0 Å². The number of likely N-dealkylation sites (N-methyl/N-ethyl adjacent to an activating group) is 1. The van der Waals surface area contributed by atoms with Gasteiger partial charge in [-0.15, -0.1) is 0 Å². The minimum Gasteiger partial charge on any atom is -0.492 e. The van der Waals surface area contributed by atoms with Crippen LogP contribution >= 0.6 is 0 Å². The molecule has 0 aliphatic heterocycles. The second-order valence-corrected chi connectivity index (χ2v) is 8.03. The van der Waals surface area contributed by atoms with Gasteiger partial charge in [-0.05, 0) is 68.7 Å². The highest BCUT2D eigenvalue weighted by Crippen LogP contribution is 2.22. The van der Waals surface area contributed by atoms with Crippen LogP contribution in [0.2, 0.25) is 0 Å². The van der Waals surface area contributed by atoms with E-state index >= 15 is 0 Å². The van der Waals surface area contributed by atoms with E-state index in [0.29, 0.717) is 36.6 Å². The van der Waals surface area contributed by atoms with Crippen LogP contribution < -0.4 is 4.74 Å². The largest absolute Gasteiger partial charge is 0.492 e. The fourth-order valence-corrected chi connectivity index (χ4v) is 3.67. The highest BCUT2D eigenvalue weighted by Gasteiger charge is 2.21. The molecule has 8 nitrogen and oxygen atoms in total. The van der Waals surface area contributed by atoms with E-state index < -0.39 is 4.92 Å². The van der Waals surface area contributed by atoms with Gasteiger partial charge in [0.25, 0.3) is 5.91 Å². The average Bonchev–Trinajstić information content (AvgIpc) is 3.00. The molecule has 0 saturated heterocycles. The third kappa shape index (κ3) is 5.32. The van der Waals surface area contributed by atoms with Gasteiger partial charge in [0.05, 0.1) is 18.0 Å². The molecule has 0 unspecified atom stereocenters. The van der Waals surface area contributed by atoms with Crippen molar-refractivity contribution in [2.45, 2.75) is 34.2 Å². The van der Waals surface area contributed by atoms with Crippen LogP contribution in [0.25, 0.3) is 0 Å². The van der Waals surface area contributed by atoms with Crippen LogP contribution in [0.1, 0.15) is 38.4 Å². The predicted octanol–water partition coefficient (Wildman–Crippen LogP) is 4.22. The molecule has 0 bridgehead atoms. The molecular weight excluding hydrogens is 408 g/mol. The number of aryl methyl sites for hydroxylation is 3. The summed E-state index contributed by atoms with van der Waals surface area (Å²) in [6, 6.07) is 13.3. The summed E-state index contributed by atoms with van der Waals surface area (Å²) in [4.78, 5) is 25.1. The van der Waals surface area contributed by atoms with Gasteiger partial charge in [0, 0.05) is 12.6 Å².